The van der Waals surface area contributed by atoms with Crippen LogP contribution in [0.15, 0.2) is 64.9 Å². The summed E-state index contributed by atoms with van der Waals surface area (Å²) in [6.07, 6.45) is -4.61. The molecule has 0 aliphatic heterocycles. The first-order valence-electron chi connectivity index (χ1n) is 8.13. The quantitative estimate of drug-likeness (QED) is 0.602. The lowest BCUT2D eigenvalue weighted by Gasteiger charge is -2.08. The Balaban J connectivity index is 1.60. The second kappa shape index (κ2) is 8.21. The topological polar surface area (TPSA) is 88.2 Å². The predicted molar refractivity (Wildman–Crippen MR) is 103 cm³/mol. The Morgan fingerprint density at radius 2 is 1.69 bits per heavy atom. The molecule has 0 radical (unpaired) electrons. The van der Waals surface area contributed by atoms with Crippen LogP contribution in [0.4, 0.5) is 24.0 Å². The average molecular weight is 441 g/mol. The normalized spacial score (nSPS) is 11.8. The molecule has 1 amide bonds. The van der Waals surface area contributed by atoms with E-state index in [0.717, 1.165) is 35.6 Å². The summed E-state index contributed by atoms with van der Waals surface area (Å²) < 4.78 is 64.5. The lowest BCUT2D eigenvalue weighted by Crippen LogP contribution is -2.15. The standard InChI is InChI=1S/C18H14F3N3O3S2/c19-18(20,21)12-6-8-13(9-7-12)22-16(25)10-14-11-28-17(23-14)24-29(26,27)15-4-2-1-3-5-15/h1-9,11H,10H2,(H,22,25)(H,23,24). The van der Waals surface area contributed by atoms with Gasteiger partial charge >= 0.3 is 6.18 Å². The van der Waals surface area contributed by atoms with Crippen molar-refractivity contribution in [2.45, 2.75) is 17.5 Å². The number of hydrogen-bond donors (Lipinski definition) is 2. The summed E-state index contributed by atoms with van der Waals surface area (Å²) in [7, 11) is -3.79. The summed E-state index contributed by atoms with van der Waals surface area (Å²) in [6, 6.07) is 11.8. The number of aromatic nitrogens is 1. The van der Waals surface area contributed by atoms with E-state index in [1.807, 2.05) is 0 Å². The molecule has 0 aliphatic carbocycles. The molecule has 6 nitrogen and oxygen atoms in total. The van der Waals surface area contributed by atoms with Gasteiger partial charge in [0.05, 0.1) is 22.6 Å². The molecule has 152 valence electrons. The summed E-state index contributed by atoms with van der Waals surface area (Å²) in [5.41, 5.74) is -0.279. The molecule has 1 aromatic heterocycles. The number of hydrogen-bond acceptors (Lipinski definition) is 5. The molecule has 0 spiro atoms. The number of nitrogens with zero attached hydrogens (tertiary/aromatic N) is 1. The maximum Gasteiger partial charge on any atom is 0.416 e. The van der Waals surface area contributed by atoms with Crippen molar-refractivity contribution in [2.75, 3.05) is 10.0 Å². The van der Waals surface area contributed by atoms with E-state index in [9.17, 15) is 26.4 Å². The van der Waals surface area contributed by atoms with Crippen LogP contribution in [0.5, 0.6) is 0 Å². The molecular weight excluding hydrogens is 427 g/mol. The first-order chi connectivity index (χ1) is 13.6. The van der Waals surface area contributed by atoms with Crippen LogP contribution in [0, 0.1) is 0 Å². The van der Waals surface area contributed by atoms with Gasteiger partial charge < -0.3 is 5.32 Å². The fourth-order valence-corrected chi connectivity index (χ4v) is 4.30. The first kappa shape index (κ1) is 20.8. The highest BCUT2D eigenvalue weighted by atomic mass is 32.2. The maximum absolute atomic E-state index is 12.6. The fraction of sp³-hybridized carbons (Fsp3) is 0.111. The summed E-state index contributed by atoms with van der Waals surface area (Å²) >= 11 is 1.02. The summed E-state index contributed by atoms with van der Waals surface area (Å²) in [4.78, 5) is 16.2. The van der Waals surface area contributed by atoms with E-state index in [2.05, 4.69) is 15.0 Å². The fourth-order valence-electron chi connectivity index (χ4n) is 2.32. The highest BCUT2D eigenvalue weighted by Crippen LogP contribution is 2.29. The van der Waals surface area contributed by atoms with E-state index in [-0.39, 0.29) is 22.1 Å². The van der Waals surface area contributed by atoms with Crippen molar-refractivity contribution < 1.29 is 26.4 Å². The van der Waals surface area contributed by atoms with Crippen LogP contribution >= 0.6 is 11.3 Å². The van der Waals surface area contributed by atoms with Gasteiger partial charge in [0.15, 0.2) is 5.13 Å². The molecule has 0 unspecified atom stereocenters. The second-order valence-electron chi connectivity index (χ2n) is 5.86. The van der Waals surface area contributed by atoms with E-state index in [4.69, 9.17) is 0 Å². The Kier molecular flexibility index (Phi) is 5.89. The van der Waals surface area contributed by atoms with Crippen LogP contribution in [0.1, 0.15) is 11.3 Å². The zero-order chi connectivity index (χ0) is 21.1. The van der Waals surface area contributed by atoms with Crippen LogP contribution in [0.25, 0.3) is 0 Å². The van der Waals surface area contributed by atoms with E-state index < -0.39 is 27.7 Å². The van der Waals surface area contributed by atoms with Gasteiger partial charge in [-0.1, -0.05) is 18.2 Å². The number of carbonyl (C=O) groups is 1. The minimum atomic E-state index is -4.45. The Hall–Kier alpha value is -2.92. The van der Waals surface area contributed by atoms with E-state index in [1.54, 1.807) is 18.2 Å². The van der Waals surface area contributed by atoms with Crippen molar-refractivity contribution in [1.82, 2.24) is 4.98 Å². The third-order valence-corrected chi connectivity index (χ3v) is 5.96. The van der Waals surface area contributed by atoms with Gasteiger partial charge in [0, 0.05) is 11.1 Å². The van der Waals surface area contributed by atoms with Crippen molar-refractivity contribution in [3.63, 3.8) is 0 Å². The van der Waals surface area contributed by atoms with Crippen LogP contribution in [0.3, 0.4) is 0 Å². The number of halogens is 3. The van der Waals surface area contributed by atoms with Gasteiger partial charge in [0.1, 0.15) is 0 Å². The van der Waals surface area contributed by atoms with E-state index >= 15 is 0 Å². The van der Waals surface area contributed by atoms with E-state index in [1.165, 1.54) is 17.5 Å². The molecular formula is C18H14F3N3O3S2. The van der Waals surface area contributed by atoms with Crippen LogP contribution in [-0.2, 0) is 27.4 Å². The molecule has 11 heteroatoms. The van der Waals surface area contributed by atoms with Gasteiger partial charge in [-0.05, 0) is 36.4 Å². The lowest BCUT2D eigenvalue weighted by molar-refractivity contribution is -0.137. The van der Waals surface area contributed by atoms with Crippen LogP contribution in [-0.4, -0.2) is 19.3 Å². The van der Waals surface area contributed by atoms with Crippen molar-refractivity contribution in [3.05, 3.63) is 71.2 Å². The van der Waals surface area contributed by atoms with Gasteiger partial charge in [0.25, 0.3) is 10.0 Å². The number of sulfonamides is 1. The molecule has 3 rings (SSSR count). The molecule has 0 saturated heterocycles. The number of amides is 1. The number of benzene rings is 2. The number of rotatable bonds is 6. The van der Waals surface area contributed by atoms with Crippen molar-refractivity contribution in [1.29, 1.82) is 0 Å². The average Bonchev–Trinajstić information content (AvgIpc) is 3.08. The predicted octanol–water partition coefficient (Wildman–Crippen LogP) is 4.14. The Morgan fingerprint density at radius 1 is 1.03 bits per heavy atom. The van der Waals surface area contributed by atoms with Gasteiger partial charge in [-0.25, -0.2) is 13.4 Å². The first-order valence-corrected chi connectivity index (χ1v) is 10.5. The number of alkyl halides is 3. The van der Waals surface area contributed by atoms with Crippen molar-refractivity contribution >= 4 is 38.1 Å². The van der Waals surface area contributed by atoms with Crippen LogP contribution < -0.4 is 10.0 Å². The number of carbonyl (C=O) groups excluding carboxylic acids is 1. The van der Waals surface area contributed by atoms with Gasteiger partial charge in [-0.2, -0.15) is 13.2 Å². The second-order valence-corrected chi connectivity index (χ2v) is 8.40. The summed E-state index contributed by atoms with van der Waals surface area (Å²) in [6.45, 7) is 0. The maximum atomic E-state index is 12.6. The third kappa shape index (κ3) is 5.55. The molecule has 29 heavy (non-hydrogen) atoms. The van der Waals surface area contributed by atoms with Crippen molar-refractivity contribution in [3.8, 4) is 0 Å². The van der Waals surface area contributed by atoms with Gasteiger partial charge in [-0.15, -0.1) is 11.3 Å². The Morgan fingerprint density at radius 3 is 2.31 bits per heavy atom. The molecule has 3 aromatic rings. The molecule has 0 saturated carbocycles. The molecule has 2 N–H and O–H groups in total. The smallest absolute Gasteiger partial charge is 0.326 e. The number of thiazole rings is 1. The lowest BCUT2D eigenvalue weighted by atomic mass is 10.2. The van der Waals surface area contributed by atoms with Crippen molar-refractivity contribution in [2.24, 2.45) is 0 Å². The zero-order valence-electron chi connectivity index (χ0n) is 14.6. The largest absolute Gasteiger partial charge is 0.416 e. The highest BCUT2D eigenvalue weighted by Gasteiger charge is 2.30. The molecule has 0 aliphatic rings. The zero-order valence-corrected chi connectivity index (χ0v) is 16.2. The number of nitrogens with one attached hydrogen (secondary N) is 2. The Bertz CT molecular complexity index is 1100. The van der Waals surface area contributed by atoms with Gasteiger partial charge in [0.2, 0.25) is 5.91 Å². The SMILES string of the molecule is O=C(Cc1csc(NS(=O)(=O)c2ccccc2)n1)Nc1ccc(C(F)(F)F)cc1. The van der Waals surface area contributed by atoms with Crippen LogP contribution in [0.2, 0.25) is 0 Å². The Labute approximate surface area is 168 Å². The summed E-state index contributed by atoms with van der Waals surface area (Å²) in [5.74, 6) is -0.493. The molecule has 0 atom stereocenters. The monoisotopic (exact) mass is 441 g/mol. The third-order valence-electron chi connectivity index (χ3n) is 3.66. The van der Waals surface area contributed by atoms with E-state index in [0.29, 0.717) is 5.69 Å². The minimum Gasteiger partial charge on any atom is -0.326 e. The molecule has 1 heterocycles. The van der Waals surface area contributed by atoms with Gasteiger partial charge in [-0.3, -0.25) is 9.52 Å². The minimum absolute atomic E-state index is 0.0804. The number of anilines is 2. The summed E-state index contributed by atoms with van der Waals surface area (Å²) in [5, 5.41) is 4.10. The highest BCUT2D eigenvalue weighted by molar-refractivity contribution is 7.93. The molecule has 0 bridgehead atoms. The molecule has 2 aromatic carbocycles. The molecule has 0 fully saturated rings.